The molecule has 1 aliphatic rings. The third-order valence-electron chi connectivity index (χ3n) is 3.30. The van der Waals surface area contributed by atoms with Crippen LogP contribution in [0.25, 0.3) is 0 Å². The highest BCUT2D eigenvalue weighted by Gasteiger charge is 2.15. The number of halogens is 1. The Bertz CT molecular complexity index is 615. The first-order chi connectivity index (χ1) is 9.72. The summed E-state index contributed by atoms with van der Waals surface area (Å²) < 4.78 is 18.5. The van der Waals surface area contributed by atoms with Crippen LogP contribution in [0.5, 0.6) is 5.75 Å². The van der Waals surface area contributed by atoms with Gasteiger partial charge in [0.15, 0.2) is 0 Å². The smallest absolute Gasteiger partial charge is 0.124 e. The van der Waals surface area contributed by atoms with Crippen molar-refractivity contribution in [2.75, 3.05) is 12.4 Å². The fraction of sp³-hybridized carbons (Fsp3) is 0.250. The molecule has 2 aromatic carbocycles. The molecule has 0 radical (unpaired) electrons. The van der Waals surface area contributed by atoms with Crippen molar-refractivity contribution in [1.29, 1.82) is 0 Å². The van der Waals surface area contributed by atoms with E-state index in [1.165, 1.54) is 23.9 Å². The molecule has 4 heteroatoms. The number of thioether (sulfide) groups is 1. The third kappa shape index (κ3) is 2.97. The van der Waals surface area contributed by atoms with E-state index in [9.17, 15) is 9.50 Å². The number of aliphatic hydroxyl groups is 1. The van der Waals surface area contributed by atoms with E-state index in [4.69, 9.17) is 4.74 Å². The van der Waals surface area contributed by atoms with Crippen molar-refractivity contribution >= 4 is 11.8 Å². The lowest BCUT2D eigenvalue weighted by molar-refractivity contribution is 0.204. The fourth-order valence-electron chi connectivity index (χ4n) is 2.24. The van der Waals surface area contributed by atoms with E-state index in [2.05, 4.69) is 0 Å². The summed E-state index contributed by atoms with van der Waals surface area (Å²) in [5.41, 5.74) is 2.04. The lowest BCUT2D eigenvalue weighted by Crippen LogP contribution is -2.01. The summed E-state index contributed by atoms with van der Waals surface area (Å²) >= 11 is 1.45. The van der Waals surface area contributed by atoms with Gasteiger partial charge in [-0.15, -0.1) is 11.8 Å². The summed E-state index contributed by atoms with van der Waals surface area (Å²) in [6, 6.07) is 12.2. The quantitative estimate of drug-likeness (QED) is 0.873. The van der Waals surface area contributed by atoms with Crippen molar-refractivity contribution in [2.24, 2.45) is 0 Å². The van der Waals surface area contributed by atoms with Gasteiger partial charge in [0.1, 0.15) is 11.6 Å². The van der Waals surface area contributed by atoms with E-state index in [1.807, 2.05) is 24.3 Å². The number of rotatable bonds is 4. The summed E-state index contributed by atoms with van der Waals surface area (Å²) in [5.74, 6) is 1.17. The maximum absolute atomic E-state index is 13.1. The van der Waals surface area contributed by atoms with Gasteiger partial charge in [-0.3, -0.25) is 0 Å². The first-order valence-electron chi connectivity index (χ1n) is 6.54. The van der Waals surface area contributed by atoms with Gasteiger partial charge in [0.05, 0.1) is 12.7 Å². The molecule has 0 saturated heterocycles. The number of hydrogen-bond acceptors (Lipinski definition) is 3. The summed E-state index contributed by atoms with van der Waals surface area (Å²) in [5, 5.41) is 10.2. The van der Waals surface area contributed by atoms with Crippen molar-refractivity contribution in [2.45, 2.75) is 17.4 Å². The van der Waals surface area contributed by atoms with Crippen LogP contribution in [-0.2, 0) is 6.42 Å². The molecule has 3 rings (SSSR count). The zero-order valence-electron chi connectivity index (χ0n) is 10.9. The minimum Gasteiger partial charge on any atom is -0.493 e. The topological polar surface area (TPSA) is 29.5 Å². The second-order valence-electron chi connectivity index (χ2n) is 4.75. The molecule has 1 N–H and O–H groups in total. The molecular formula is C16H15FO2S. The van der Waals surface area contributed by atoms with Crippen LogP contribution in [0, 0.1) is 5.82 Å². The molecule has 0 amide bonds. The van der Waals surface area contributed by atoms with E-state index in [-0.39, 0.29) is 5.82 Å². The monoisotopic (exact) mass is 290 g/mol. The molecule has 0 fully saturated rings. The van der Waals surface area contributed by atoms with Crippen LogP contribution in [0.3, 0.4) is 0 Å². The lowest BCUT2D eigenvalue weighted by Gasteiger charge is -2.12. The Kier molecular flexibility index (Phi) is 3.94. The molecule has 1 heterocycles. The number of hydrogen-bond donors (Lipinski definition) is 1. The highest BCUT2D eigenvalue weighted by atomic mass is 32.2. The number of ether oxygens (including phenoxy) is 1. The van der Waals surface area contributed by atoms with Crippen LogP contribution in [0.4, 0.5) is 4.39 Å². The number of benzene rings is 2. The summed E-state index contributed by atoms with van der Waals surface area (Å²) in [4.78, 5) is 0.827. The Morgan fingerprint density at radius 2 is 2.15 bits per heavy atom. The number of fused-ring (bicyclic) bond motifs is 1. The maximum Gasteiger partial charge on any atom is 0.124 e. The normalized spacial score (nSPS) is 14.7. The Morgan fingerprint density at radius 3 is 3.00 bits per heavy atom. The van der Waals surface area contributed by atoms with Gasteiger partial charge in [-0.2, -0.15) is 0 Å². The zero-order valence-corrected chi connectivity index (χ0v) is 11.7. The van der Waals surface area contributed by atoms with Crippen molar-refractivity contribution in [3.8, 4) is 5.75 Å². The molecule has 1 aliphatic heterocycles. The largest absolute Gasteiger partial charge is 0.493 e. The summed E-state index contributed by atoms with van der Waals surface area (Å²) in [7, 11) is 0. The van der Waals surface area contributed by atoms with E-state index >= 15 is 0 Å². The van der Waals surface area contributed by atoms with Crippen LogP contribution in [-0.4, -0.2) is 17.5 Å². The fourth-order valence-corrected chi connectivity index (χ4v) is 3.16. The average Bonchev–Trinajstić information content (AvgIpc) is 2.92. The maximum atomic E-state index is 13.1. The van der Waals surface area contributed by atoms with Gasteiger partial charge in [-0.25, -0.2) is 4.39 Å². The van der Waals surface area contributed by atoms with Crippen LogP contribution in [0.2, 0.25) is 0 Å². The molecule has 0 bridgehead atoms. The van der Waals surface area contributed by atoms with Crippen LogP contribution in [0.1, 0.15) is 17.2 Å². The summed E-state index contributed by atoms with van der Waals surface area (Å²) in [6.45, 7) is 0.715. The van der Waals surface area contributed by atoms with Crippen LogP contribution < -0.4 is 4.74 Å². The molecule has 1 unspecified atom stereocenters. The molecule has 20 heavy (non-hydrogen) atoms. The van der Waals surface area contributed by atoms with Gasteiger partial charge < -0.3 is 9.84 Å². The van der Waals surface area contributed by atoms with Crippen molar-refractivity contribution in [3.05, 3.63) is 59.4 Å². The first-order valence-corrected chi connectivity index (χ1v) is 7.53. The van der Waals surface area contributed by atoms with Gasteiger partial charge in [-0.05, 0) is 41.5 Å². The van der Waals surface area contributed by atoms with E-state index in [0.717, 1.165) is 28.2 Å². The highest BCUT2D eigenvalue weighted by molar-refractivity contribution is 7.99. The second-order valence-corrected chi connectivity index (χ2v) is 5.84. The standard InChI is InChI=1S/C16H15FO2S/c17-13-2-1-3-14(9-13)20-10-15(18)11-4-5-16-12(8-11)6-7-19-16/h1-5,8-9,15,18H,6-7,10H2. The minimum absolute atomic E-state index is 0.251. The van der Waals surface area contributed by atoms with Crippen molar-refractivity contribution in [1.82, 2.24) is 0 Å². The summed E-state index contributed by atoms with van der Waals surface area (Å²) in [6.07, 6.45) is 0.335. The Labute approximate surface area is 121 Å². The van der Waals surface area contributed by atoms with Gasteiger partial charge in [0, 0.05) is 17.1 Å². The van der Waals surface area contributed by atoms with Gasteiger partial charge >= 0.3 is 0 Å². The molecule has 2 aromatic rings. The van der Waals surface area contributed by atoms with Crippen LogP contribution in [0.15, 0.2) is 47.4 Å². The molecule has 1 atom stereocenters. The Morgan fingerprint density at radius 1 is 1.25 bits per heavy atom. The average molecular weight is 290 g/mol. The predicted octanol–water partition coefficient (Wildman–Crippen LogP) is 3.59. The molecule has 104 valence electrons. The molecule has 0 aliphatic carbocycles. The van der Waals surface area contributed by atoms with Crippen LogP contribution >= 0.6 is 11.8 Å². The highest BCUT2D eigenvalue weighted by Crippen LogP contribution is 2.30. The Balaban J connectivity index is 1.66. The lowest BCUT2D eigenvalue weighted by atomic mass is 10.1. The van der Waals surface area contributed by atoms with Gasteiger partial charge in [-0.1, -0.05) is 12.1 Å². The number of aliphatic hydroxyl groups excluding tert-OH is 1. The Hall–Kier alpha value is -1.52. The first kappa shape index (κ1) is 13.5. The molecule has 2 nitrogen and oxygen atoms in total. The van der Waals surface area contributed by atoms with E-state index < -0.39 is 6.10 Å². The van der Waals surface area contributed by atoms with Gasteiger partial charge in [0.25, 0.3) is 0 Å². The van der Waals surface area contributed by atoms with E-state index in [1.54, 1.807) is 6.07 Å². The molecule has 0 saturated carbocycles. The molecule has 0 spiro atoms. The second kappa shape index (κ2) is 5.85. The predicted molar refractivity (Wildman–Crippen MR) is 77.7 cm³/mol. The van der Waals surface area contributed by atoms with Gasteiger partial charge in [0.2, 0.25) is 0 Å². The van der Waals surface area contributed by atoms with E-state index in [0.29, 0.717) is 12.4 Å². The third-order valence-corrected chi connectivity index (χ3v) is 4.37. The SMILES string of the molecule is OC(CSc1cccc(F)c1)c1ccc2c(c1)CCO2. The molecular weight excluding hydrogens is 275 g/mol. The molecule has 0 aromatic heterocycles. The van der Waals surface area contributed by atoms with Crippen molar-refractivity contribution < 1.29 is 14.2 Å². The van der Waals surface area contributed by atoms with Crippen molar-refractivity contribution in [3.63, 3.8) is 0 Å². The minimum atomic E-state index is -0.561. The zero-order chi connectivity index (χ0) is 13.9.